The largest absolute Gasteiger partial charge is 0.493 e. The molecule has 5 nitrogen and oxygen atoms in total. The lowest BCUT2D eigenvalue weighted by atomic mass is 10.1. The van der Waals surface area contributed by atoms with Crippen LogP contribution in [-0.2, 0) is 17.7 Å². The van der Waals surface area contributed by atoms with Crippen LogP contribution in [0.2, 0.25) is 0 Å². The zero-order chi connectivity index (χ0) is 21.5. The fraction of sp³-hybridized carbons (Fsp3) is 0.320. The molecule has 1 atom stereocenters. The minimum Gasteiger partial charge on any atom is -0.493 e. The number of carbonyl (C=O) groups is 1. The number of amides is 1. The Morgan fingerprint density at radius 3 is 2.81 bits per heavy atom. The van der Waals surface area contributed by atoms with Crippen LogP contribution >= 0.6 is 0 Å². The average Bonchev–Trinajstić information content (AvgIpc) is 3.49. The van der Waals surface area contributed by atoms with Crippen LogP contribution in [0, 0.1) is 5.82 Å². The molecule has 4 rings (SSSR count). The molecule has 1 unspecified atom stereocenters. The van der Waals surface area contributed by atoms with Crippen molar-refractivity contribution in [1.29, 1.82) is 0 Å². The summed E-state index contributed by atoms with van der Waals surface area (Å²) in [5.41, 5.74) is 1.58. The summed E-state index contributed by atoms with van der Waals surface area (Å²) in [5, 5.41) is 0. The van der Waals surface area contributed by atoms with Crippen LogP contribution in [0.4, 0.5) is 4.39 Å². The summed E-state index contributed by atoms with van der Waals surface area (Å²) in [4.78, 5) is 14.7. The Balaban J connectivity index is 1.40. The van der Waals surface area contributed by atoms with E-state index in [1.165, 1.54) is 12.3 Å². The van der Waals surface area contributed by atoms with E-state index < -0.39 is 0 Å². The molecule has 1 amide bonds. The Labute approximate surface area is 181 Å². The van der Waals surface area contributed by atoms with Crippen molar-refractivity contribution < 1.29 is 23.1 Å². The van der Waals surface area contributed by atoms with E-state index in [1.54, 1.807) is 29.2 Å². The predicted octanol–water partition coefficient (Wildman–Crippen LogP) is 4.86. The van der Waals surface area contributed by atoms with Crippen molar-refractivity contribution >= 4 is 5.91 Å². The molecule has 6 heteroatoms. The Morgan fingerprint density at radius 1 is 1.13 bits per heavy atom. The maximum Gasteiger partial charge on any atom is 0.289 e. The first-order chi connectivity index (χ1) is 15.2. The number of rotatable bonds is 9. The minimum absolute atomic E-state index is 0.0408. The van der Waals surface area contributed by atoms with Crippen molar-refractivity contribution in [2.24, 2.45) is 0 Å². The molecule has 0 N–H and O–H groups in total. The van der Waals surface area contributed by atoms with E-state index in [4.69, 9.17) is 13.9 Å². The number of ether oxygens (including phenoxy) is 2. The molecule has 0 bridgehead atoms. The minimum atomic E-state index is -0.221. The first kappa shape index (κ1) is 21.1. The quantitative estimate of drug-likeness (QED) is 0.493. The predicted molar refractivity (Wildman–Crippen MR) is 114 cm³/mol. The van der Waals surface area contributed by atoms with Crippen LogP contribution < -0.4 is 4.74 Å². The molecule has 1 aliphatic rings. The lowest BCUT2D eigenvalue weighted by Crippen LogP contribution is -2.36. The maximum atomic E-state index is 13.8. The van der Waals surface area contributed by atoms with E-state index in [-0.39, 0.29) is 17.8 Å². The summed E-state index contributed by atoms with van der Waals surface area (Å²) in [5.74, 6) is 0.624. The molecule has 2 aromatic carbocycles. The summed E-state index contributed by atoms with van der Waals surface area (Å²) < 4.78 is 30.7. The van der Waals surface area contributed by atoms with Crippen LogP contribution in [0.3, 0.4) is 0 Å². The third-order valence-corrected chi connectivity index (χ3v) is 5.34. The second-order valence-corrected chi connectivity index (χ2v) is 7.64. The first-order valence-electron chi connectivity index (χ1n) is 10.6. The van der Waals surface area contributed by atoms with Crippen molar-refractivity contribution in [3.05, 3.63) is 89.6 Å². The van der Waals surface area contributed by atoms with Gasteiger partial charge >= 0.3 is 0 Å². The molecular formula is C25H26FNO4. The number of halogens is 1. The monoisotopic (exact) mass is 423 g/mol. The number of benzene rings is 2. The Morgan fingerprint density at radius 2 is 2.03 bits per heavy atom. The van der Waals surface area contributed by atoms with E-state index in [0.29, 0.717) is 43.2 Å². The number of nitrogens with zero attached hydrogens (tertiary/aromatic N) is 1. The van der Waals surface area contributed by atoms with Gasteiger partial charge in [0.05, 0.1) is 19.0 Å². The Hall–Kier alpha value is -3.12. The molecule has 0 saturated carbocycles. The highest BCUT2D eigenvalue weighted by atomic mass is 19.1. The van der Waals surface area contributed by atoms with Gasteiger partial charge in [-0.05, 0) is 54.3 Å². The van der Waals surface area contributed by atoms with Gasteiger partial charge in [0.25, 0.3) is 5.91 Å². The lowest BCUT2D eigenvalue weighted by Gasteiger charge is -2.25. The highest BCUT2D eigenvalue weighted by Gasteiger charge is 2.25. The van der Waals surface area contributed by atoms with Crippen LogP contribution in [0.5, 0.6) is 5.75 Å². The average molecular weight is 423 g/mol. The van der Waals surface area contributed by atoms with Gasteiger partial charge in [-0.1, -0.05) is 30.3 Å². The fourth-order valence-electron chi connectivity index (χ4n) is 3.74. The van der Waals surface area contributed by atoms with Crippen LogP contribution in [-0.4, -0.2) is 36.7 Å². The lowest BCUT2D eigenvalue weighted by molar-refractivity contribution is 0.0484. The van der Waals surface area contributed by atoms with Crippen molar-refractivity contribution in [2.45, 2.75) is 31.9 Å². The molecule has 2 heterocycles. The molecule has 3 aromatic rings. The molecular weight excluding hydrogens is 397 g/mol. The molecule has 31 heavy (non-hydrogen) atoms. The normalized spacial score (nSPS) is 15.7. The van der Waals surface area contributed by atoms with Gasteiger partial charge < -0.3 is 18.8 Å². The highest BCUT2D eigenvalue weighted by Crippen LogP contribution is 2.20. The third kappa shape index (κ3) is 5.73. The van der Waals surface area contributed by atoms with Gasteiger partial charge in [0, 0.05) is 26.1 Å². The Kier molecular flexibility index (Phi) is 6.99. The maximum absolute atomic E-state index is 13.8. The Bertz CT molecular complexity index is 983. The summed E-state index contributed by atoms with van der Waals surface area (Å²) in [6, 6.07) is 17.7. The third-order valence-electron chi connectivity index (χ3n) is 5.34. The zero-order valence-corrected chi connectivity index (χ0v) is 17.3. The van der Waals surface area contributed by atoms with Gasteiger partial charge in [-0.3, -0.25) is 4.79 Å². The zero-order valence-electron chi connectivity index (χ0n) is 17.3. The van der Waals surface area contributed by atoms with Gasteiger partial charge in [-0.2, -0.15) is 0 Å². The van der Waals surface area contributed by atoms with E-state index >= 15 is 0 Å². The van der Waals surface area contributed by atoms with Gasteiger partial charge in [-0.25, -0.2) is 4.39 Å². The highest BCUT2D eigenvalue weighted by molar-refractivity contribution is 5.91. The molecule has 0 spiro atoms. The first-order valence-corrected chi connectivity index (χ1v) is 10.6. The SMILES string of the molecule is O=C(c1ccco1)N(Cc1cccc(OCCc2ccccc2F)c1)CC1CCCO1. The van der Waals surface area contributed by atoms with Crippen molar-refractivity contribution in [2.75, 3.05) is 19.8 Å². The smallest absolute Gasteiger partial charge is 0.289 e. The number of carbonyl (C=O) groups excluding carboxylic acids is 1. The van der Waals surface area contributed by atoms with E-state index in [1.807, 2.05) is 30.3 Å². The second-order valence-electron chi connectivity index (χ2n) is 7.64. The molecule has 1 fully saturated rings. The number of furan rings is 1. The van der Waals surface area contributed by atoms with Crippen LogP contribution in [0.1, 0.15) is 34.5 Å². The molecule has 1 saturated heterocycles. The topological polar surface area (TPSA) is 51.9 Å². The second kappa shape index (κ2) is 10.3. The van der Waals surface area contributed by atoms with E-state index in [9.17, 15) is 9.18 Å². The summed E-state index contributed by atoms with van der Waals surface area (Å²) in [6.45, 7) is 2.04. The van der Waals surface area contributed by atoms with Crippen LogP contribution in [0.25, 0.3) is 0 Å². The number of hydrogen-bond acceptors (Lipinski definition) is 4. The molecule has 1 aliphatic heterocycles. The molecule has 1 aromatic heterocycles. The standard InChI is InChI=1S/C25H26FNO4/c26-23-10-2-1-7-20(23)12-15-30-21-8-3-6-19(16-21)17-27(18-22-9-4-13-29-22)25(28)24-11-5-14-31-24/h1-3,5-8,10-11,14,16,22H,4,9,12-13,15,17-18H2. The van der Waals surface area contributed by atoms with Crippen molar-refractivity contribution in [3.8, 4) is 5.75 Å². The summed E-state index contributed by atoms with van der Waals surface area (Å²) in [6.07, 6.45) is 3.99. The summed E-state index contributed by atoms with van der Waals surface area (Å²) >= 11 is 0. The van der Waals surface area contributed by atoms with E-state index in [0.717, 1.165) is 25.0 Å². The van der Waals surface area contributed by atoms with Crippen LogP contribution in [0.15, 0.2) is 71.3 Å². The summed E-state index contributed by atoms with van der Waals surface area (Å²) in [7, 11) is 0. The van der Waals surface area contributed by atoms with Crippen molar-refractivity contribution in [1.82, 2.24) is 4.90 Å². The fourth-order valence-corrected chi connectivity index (χ4v) is 3.74. The van der Waals surface area contributed by atoms with Crippen molar-refractivity contribution in [3.63, 3.8) is 0 Å². The molecule has 0 aliphatic carbocycles. The van der Waals surface area contributed by atoms with E-state index in [2.05, 4.69) is 0 Å². The van der Waals surface area contributed by atoms with Gasteiger partial charge in [0.1, 0.15) is 11.6 Å². The van der Waals surface area contributed by atoms with Gasteiger partial charge in [0.15, 0.2) is 5.76 Å². The molecule has 0 radical (unpaired) electrons. The molecule has 162 valence electrons. The van der Waals surface area contributed by atoms with Gasteiger partial charge in [-0.15, -0.1) is 0 Å². The van der Waals surface area contributed by atoms with Gasteiger partial charge in [0.2, 0.25) is 0 Å². The number of hydrogen-bond donors (Lipinski definition) is 0.